The van der Waals surface area contributed by atoms with E-state index in [1.165, 1.54) is 36.4 Å². The normalized spacial score (nSPS) is 15.7. The van der Waals surface area contributed by atoms with Crippen molar-refractivity contribution in [2.45, 2.75) is 44.6 Å². The van der Waals surface area contributed by atoms with Gasteiger partial charge in [-0.25, -0.2) is 8.78 Å². The molecule has 41 heavy (non-hydrogen) atoms. The number of aliphatic hydroxyl groups excluding tert-OH is 1. The summed E-state index contributed by atoms with van der Waals surface area (Å²) < 4.78 is 35.9. The van der Waals surface area contributed by atoms with Gasteiger partial charge in [0.05, 0.1) is 32.5 Å². The number of benzene rings is 2. The van der Waals surface area contributed by atoms with Crippen LogP contribution < -0.4 is 0 Å². The number of hydrogen-bond donors (Lipinski definition) is 1. The van der Waals surface area contributed by atoms with Crippen molar-refractivity contribution < 1.29 is 37.7 Å². The summed E-state index contributed by atoms with van der Waals surface area (Å²) in [6, 6.07) is 11.3. The lowest BCUT2D eigenvalue weighted by molar-refractivity contribution is -0.136. The number of Topliss-reactive ketones (excluding diaryl/α,β-unsaturated/α-hetero) is 1. The molecule has 2 heterocycles. The molecule has 0 aliphatic carbocycles. The maximum atomic E-state index is 12.8. The van der Waals surface area contributed by atoms with Gasteiger partial charge in [0.1, 0.15) is 11.6 Å². The fourth-order valence-corrected chi connectivity index (χ4v) is 4.42. The van der Waals surface area contributed by atoms with Gasteiger partial charge in [-0.15, -0.1) is 0 Å². The lowest BCUT2D eigenvalue weighted by Crippen LogP contribution is -2.40. The van der Waals surface area contributed by atoms with E-state index in [2.05, 4.69) is 0 Å². The van der Waals surface area contributed by atoms with E-state index in [1.807, 2.05) is 0 Å². The Bertz CT molecular complexity index is 1080. The summed E-state index contributed by atoms with van der Waals surface area (Å²) in [4.78, 5) is 39.2. The van der Waals surface area contributed by atoms with E-state index in [4.69, 9.17) is 9.47 Å². The molecule has 226 valence electrons. The number of hydrogen-bond acceptors (Lipinski definition) is 6. The molecular weight excluding hydrogens is 554 g/mol. The van der Waals surface area contributed by atoms with Crippen LogP contribution in [-0.2, 0) is 19.1 Å². The fraction of sp³-hybridized carbons (Fsp3) is 0.500. The summed E-state index contributed by atoms with van der Waals surface area (Å²) >= 11 is 0. The summed E-state index contributed by atoms with van der Waals surface area (Å²) in [5, 5.41) is 9.97. The van der Waals surface area contributed by atoms with Crippen molar-refractivity contribution in [1.29, 1.82) is 0 Å². The minimum Gasteiger partial charge on any atom is -0.388 e. The molecule has 2 fully saturated rings. The maximum Gasteiger partial charge on any atom is 0.222 e. The van der Waals surface area contributed by atoms with Crippen molar-refractivity contribution in [1.82, 2.24) is 9.80 Å². The van der Waals surface area contributed by atoms with Crippen LogP contribution in [0.3, 0.4) is 0 Å². The van der Waals surface area contributed by atoms with Gasteiger partial charge in [-0.2, -0.15) is 13.5 Å². The van der Waals surface area contributed by atoms with Crippen LogP contribution in [0.5, 0.6) is 0 Å². The number of halogens is 2. The van der Waals surface area contributed by atoms with Crippen LogP contribution in [0, 0.1) is 11.6 Å². The fourth-order valence-electron chi connectivity index (χ4n) is 4.42. The number of carbonyl (C=O) groups is 3. The zero-order valence-electron chi connectivity index (χ0n) is 23.2. The quantitative estimate of drug-likeness (QED) is 0.418. The van der Waals surface area contributed by atoms with E-state index in [0.29, 0.717) is 102 Å². The van der Waals surface area contributed by atoms with E-state index < -0.39 is 6.10 Å². The molecule has 2 amide bonds. The molecule has 4 rings (SSSR count). The highest BCUT2D eigenvalue weighted by atomic mass is 32.1. The average molecular weight is 595 g/mol. The predicted molar refractivity (Wildman–Crippen MR) is 155 cm³/mol. The summed E-state index contributed by atoms with van der Waals surface area (Å²) in [7, 11) is 0. The van der Waals surface area contributed by atoms with Crippen molar-refractivity contribution in [3.63, 3.8) is 0 Å². The van der Waals surface area contributed by atoms with Gasteiger partial charge in [0.25, 0.3) is 0 Å². The average Bonchev–Trinajstić information content (AvgIpc) is 2.99. The number of morpholine rings is 2. The molecule has 0 unspecified atom stereocenters. The second-order valence-corrected chi connectivity index (χ2v) is 9.73. The third-order valence-corrected chi connectivity index (χ3v) is 6.81. The molecule has 0 radical (unpaired) electrons. The minimum atomic E-state index is -0.645. The number of carbonyl (C=O) groups excluding carboxylic acids is 3. The highest BCUT2D eigenvalue weighted by molar-refractivity contribution is 7.59. The number of rotatable bonds is 10. The Morgan fingerprint density at radius 1 is 0.707 bits per heavy atom. The Kier molecular flexibility index (Phi) is 15.5. The minimum absolute atomic E-state index is 0. The summed E-state index contributed by atoms with van der Waals surface area (Å²) in [5.74, 6) is -0.549. The highest BCUT2D eigenvalue weighted by Gasteiger charge is 2.18. The van der Waals surface area contributed by atoms with Crippen LogP contribution in [0.1, 0.15) is 60.6 Å². The predicted octanol–water partition coefficient (Wildman–Crippen LogP) is 4.04. The lowest BCUT2D eigenvalue weighted by atomic mass is 10.0. The van der Waals surface area contributed by atoms with Gasteiger partial charge in [0, 0.05) is 51.0 Å². The lowest BCUT2D eigenvalue weighted by Gasteiger charge is -2.27. The molecule has 11 heteroatoms. The van der Waals surface area contributed by atoms with Crippen molar-refractivity contribution >= 4 is 31.1 Å². The van der Waals surface area contributed by atoms with Gasteiger partial charge < -0.3 is 24.4 Å². The standard InChI is InChI=1S/C15H20FNO3.C15H18FNO3.H2S/c2*16-13-6-4-12(5-7-13)14(18)2-1-3-15(19)17-8-10-20-11-9-17;/h4-7,14,18H,1-3,8-11H2;4-7H,1-3,8-11H2;1H2/t14-;;/m0../s1. The van der Waals surface area contributed by atoms with Crippen LogP contribution in [-0.4, -0.2) is 85.1 Å². The maximum absolute atomic E-state index is 12.8. The van der Waals surface area contributed by atoms with Crippen LogP contribution in [0.15, 0.2) is 48.5 Å². The second kappa shape index (κ2) is 18.5. The smallest absolute Gasteiger partial charge is 0.222 e. The van der Waals surface area contributed by atoms with Crippen LogP contribution in [0.25, 0.3) is 0 Å². The van der Waals surface area contributed by atoms with Crippen molar-refractivity contribution in [2.24, 2.45) is 0 Å². The highest BCUT2D eigenvalue weighted by Crippen LogP contribution is 2.20. The van der Waals surface area contributed by atoms with Gasteiger partial charge in [-0.3, -0.25) is 14.4 Å². The second-order valence-electron chi connectivity index (χ2n) is 9.73. The van der Waals surface area contributed by atoms with Gasteiger partial charge in [0.15, 0.2) is 5.78 Å². The van der Waals surface area contributed by atoms with Crippen molar-refractivity contribution in [3.8, 4) is 0 Å². The Balaban J connectivity index is 0.000000280. The Labute approximate surface area is 247 Å². The van der Waals surface area contributed by atoms with Gasteiger partial charge in [-0.1, -0.05) is 12.1 Å². The van der Waals surface area contributed by atoms with E-state index in [9.17, 15) is 28.3 Å². The number of amides is 2. The molecule has 2 aliphatic heterocycles. The van der Waals surface area contributed by atoms with E-state index in [-0.39, 0.29) is 42.7 Å². The first kappa shape index (κ1) is 34.3. The van der Waals surface area contributed by atoms with Crippen LogP contribution in [0.4, 0.5) is 8.78 Å². The first-order valence-corrected chi connectivity index (χ1v) is 13.8. The Morgan fingerprint density at radius 2 is 1.15 bits per heavy atom. The number of nitrogens with zero attached hydrogens (tertiary/aromatic N) is 2. The largest absolute Gasteiger partial charge is 0.388 e. The van der Waals surface area contributed by atoms with Crippen LogP contribution in [0.2, 0.25) is 0 Å². The molecule has 1 N–H and O–H groups in total. The van der Waals surface area contributed by atoms with Gasteiger partial charge in [0.2, 0.25) is 11.8 Å². The molecule has 1 atom stereocenters. The topological polar surface area (TPSA) is 96.4 Å². The van der Waals surface area contributed by atoms with Gasteiger partial charge in [-0.05, 0) is 61.2 Å². The molecule has 8 nitrogen and oxygen atoms in total. The van der Waals surface area contributed by atoms with Crippen molar-refractivity contribution in [3.05, 3.63) is 71.3 Å². The molecule has 0 spiro atoms. The van der Waals surface area contributed by atoms with E-state index in [0.717, 1.165) is 0 Å². The zero-order valence-corrected chi connectivity index (χ0v) is 24.2. The molecule has 0 bridgehead atoms. The third kappa shape index (κ3) is 12.3. The van der Waals surface area contributed by atoms with Crippen molar-refractivity contribution in [2.75, 3.05) is 52.6 Å². The Morgan fingerprint density at radius 3 is 1.63 bits per heavy atom. The number of ketones is 1. The summed E-state index contributed by atoms with van der Waals surface area (Å²) in [6.07, 6.45) is 2.10. The molecule has 2 aliphatic rings. The molecular formula is C30H40F2N2O6S. The molecule has 2 aromatic carbocycles. The first-order valence-electron chi connectivity index (χ1n) is 13.8. The number of ether oxygens (including phenoxy) is 2. The number of aliphatic hydroxyl groups is 1. The molecule has 0 saturated carbocycles. The molecule has 2 aromatic rings. The van der Waals surface area contributed by atoms with Gasteiger partial charge >= 0.3 is 0 Å². The van der Waals surface area contributed by atoms with E-state index in [1.54, 1.807) is 21.9 Å². The SMILES string of the molecule is O=C(CCCC(=O)N1CCOCC1)c1ccc(F)cc1.O=C(CCC[C@H](O)c1ccc(F)cc1)N1CCOCC1.S. The first-order chi connectivity index (χ1) is 19.3. The third-order valence-electron chi connectivity index (χ3n) is 6.81. The Hall–Kier alpha value is -2.86. The summed E-state index contributed by atoms with van der Waals surface area (Å²) in [6.45, 7) is 4.93. The molecule has 2 saturated heterocycles. The summed E-state index contributed by atoms with van der Waals surface area (Å²) in [5.41, 5.74) is 1.18. The zero-order chi connectivity index (χ0) is 28.7. The molecule has 0 aromatic heterocycles. The van der Waals surface area contributed by atoms with Crippen LogP contribution >= 0.6 is 13.5 Å². The monoisotopic (exact) mass is 594 g/mol. The van der Waals surface area contributed by atoms with E-state index >= 15 is 0 Å².